The van der Waals surface area contributed by atoms with Crippen molar-refractivity contribution in [3.05, 3.63) is 60.7 Å². The first kappa shape index (κ1) is 14.4. The van der Waals surface area contributed by atoms with Crippen LogP contribution in [0.3, 0.4) is 0 Å². The maximum Gasteiger partial charge on any atom is 0.151 e. The number of rotatable bonds is 7. The maximum absolute atomic E-state index is 10.0. The highest BCUT2D eigenvalue weighted by Gasteiger charge is 2.21. The summed E-state index contributed by atoms with van der Waals surface area (Å²) in [6, 6.07) is 18.3. The number of aliphatic hydroxyl groups is 2. The summed E-state index contributed by atoms with van der Waals surface area (Å²) in [5, 5.41) is 19.3. The summed E-state index contributed by atoms with van der Waals surface area (Å²) in [5.74, 6) is 1.27. The van der Waals surface area contributed by atoms with Gasteiger partial charge in [-0.2, -0.15) is 0 Å². The largest absolute Gasteiger partial charge is 0.491 e. The van der Waals surface area contributed by atoms with E-state index >= 15 is 0 Å². The SMILES string of the molecule is OC[C@H](Oc1ccccc1)C(O)COc1ccccc1. The van der Waals surface area contributed by atoms with E-state index in [1.165, 1.54) is 0 Å². The Balaban J connectivity index is 1.87. The van der Waals surface area contributed by atoms with Gasteiger partial charge >= 0.3 is 0 Å². The molecule has 0 aliphatic carbocycles. The van der Waals surface area contributed by atoms with Crippen LogP contribution in [0.4, 0.5) is 0 Å². The molecule has 0 saturated carbocycles. The second kappa shape index (κ2) is 7.53. The third-order valence-corrected chi connectivity index (χ3v) is 2.80. The predicted molar refractivity (Wildman–Crippen MR) is 75.9 cm³/mol. The van der Waals surface area contributed by atoms with Crippen LogP contribution < -0.4 is 9.47 Å². The molecule has 0 aliphatic rings. The molecule has 0 radical (unpaired) electrons. The molecule has 20 heavy (non-hydrogen) atoms. The van der Waals surface area contributed by atoms with E-state index in [0.29, 0.717) is 11.5 Å². The monoisotopic (exact) mass is 274 g/mol. The van der Waals surface area contributed by atoms with Crippen molar-refractivity contribution in [1.29, 1.82) is 0 Å². The lowest BCUT2D eigenvalue weighted by molar-refractivity contribution is -0.0202. The molecule has 0 fully saturated rings. The standard InChI is InChI=1S/C16H18O4/c17-11-16(20-14-9-5-2-6-10-14)15(18)12-19-13-7-3-1-4-8-13/h1-10,15-18H,11-12H2/t15?,16-/m0/s1. The minimum atomic E-state index is -0.916. The maximum atomic E-state index is 10.0. The summed E-state index contributed by atoms with van der Waals surface area (Å²) in [6.07, 6.45) is -1.64. The van der Waals surface area contributed by atoms with Gasteiger partial charge < -0.3 is 19.7 Å². The molecule has 2 aromatic rings. The molecule has 106 valence electrons. The summed E-state index contributed by atoms with van der Waals surface area (Å²) >= 11 is 0. The number of hydrogen-bond acceptors (Lipinski definition) is 4. The molecule has 0 heterocycles. The van der Waals surface area contributed by atoms with Gasteiger partial charge in [-0.1, -0.05) is 36.4 Å². The zero-order valence-electron chi connectivity index (χ0n) is 11.1. The number of aliphatic hydroxyl groups excluding tert-OH is 2. The summed E-state index contributed by atoms with van der Waals surface area (Å²) < 4.78 is 11.0. The summed E-state index contributed by atoms with van der Waals surface area (Å²) in [5.41, 5.74) is 0. The molecule has 0 bridgehead atoms. The lowest BCUT2D eigenvalue weighted by Gasteiger charge is -2.22. The van der Waals surface area contributed by atoms with Crippen LogP contribution in [0.2, 0.25) is 0 Å². The summed E-state index contributed by atoms with van der Waals surface area (Å²) in [6.45, 7) is -0.226. The average Bonchev–Trinajstić information content (AvgIpc) is 2.52. The van der Waals surface area contributed by atoms with Crippen molar-refractivity contribution < 1.29 is 19.7 Å². The first-order valence-corrected chi connectivity index (χ1v) is 6.48. The molecule has 2 rings (SSSR count). The van der Waals surface area contributed by atoms with Gasteiger partial charge in [0.1, 0.15) is 24.2 Å². The highest BCUT2D eigenvalue weighted by Crippen LogP contribution is 2.14. The van der Waals surface area contributed by atoms with Gasteiger partial charge in [0.15, 0.2) is 6.10 Å². The minimum absolute atomic E-state index is 0.0576. The minimum Gasteiger partial charge on any atom is -0.491 e. The van der Waals surface area contributed by atoms with Gasteiger partial charge in [-0.05, 0) is 24.3 Å². The Labute approximate surface area is 118 Å². The van der Waals surface area contributed by atoms with Gasteiger partial charge in [-0.3, -0.25) is 0 Å². The van der Waals surface area contributed by atoms with Crippen molar-refractivity contribution in [2.45, 2.75) is 12.2 Å². The van der Waals surface area contributed by atoms with E-state index in [1.807, 2.05) is 36.4 Å². The molecule has 2 aromatic carbocycles. The second-order valence-electron chi connectivity index (χ2n) is 4.34. The average molecular weight is 274 g/mol. The van der Waals surface area contributed by atoms with Crippen LogP contribution in [0, 0.1) is 0 Å². The van der Waals surface area contributed by atoms with Crippen LogP contribution in [-0.2, 0) is 0 Å². The number of benzene rings is 2. The zero-order chi connectivity index (χ0) is 14.2. The quantitative estimate of drug-likeness (QED) is 0.809. The Kier molecular flexibility index (Phi) is 5.41. The molecule has 0 saturated heterocycles. The summed E-state index contributed by atoms with van der Waals surface area (Å²) in [7, 11) is 0. The van der Waals surface area contributed by atoms with E-state index in [-0.39, 0.29) is 13.2 Å². The predicted octanol–water partition coefficient (Wildman–Crippen LogP) is 1.87. The van der Waals surface area contributed by atoms with E-state index in [4.69, 9.17) is 9.47 Å². The van der Waals surface area contributed by atoms with Crippen LogP contribution in [-0.4, -0.2) is 35.6 Å². The van der Waals surface area contributed by atoms with Gasteiger partial charge in [0, 0.05) is 0 Å². The molecule has 0 spiro atoms. The molecule has 0 aromatic heterocycles. The highest BCUT2D eigenvalue weighted by atomic mass is 16.5. The molecule has 1 unspecified atom stereocenters. The van der Waals surface area contributed by atoms with Gasteiger partial charge in [-0.25, -0.2) is 0 Å². The fourth-order valence-corrected chi connectivity index (χ4v) is 1.72. The molecule has 0 aliphatic heterocycles. The molecule has 4 heteroatoms. The topological polar surface area (TPSA) is 58.9 Å². The zero-order valence-corrected chi connectivity index (χ0v) is 11.1. The van der Waals surface area contributed by atoms with Crippen molar-refractivity contribution >= 4 is 0 Å². The first-order valence-electron chi connectivity index (χ1n) is 6.48. The normalized spacial score (nSPS) is 13.5. The smallest absolute Gasteiger partial charge is 0.151 e. The van der Waals surface area contributed by atoms with E-state index in [1.54, 1.807) is 24.3 Å². The molecule has 2 N–H and O–H groups in total. The van der Waals surface area contributed by atoms with Gasteiger partial charge in [-0.15, -0.1) is 0 Å². The van der Waals surface area contributed by atoms with Crippen molar-refractivity contribution in [3.63, 3.8) is 0 Å². The fraction of sp³-hybridized carbons (Fsp3) is 0.250. The Morgan fingerprint density at radius 1 is 0.850 bits per heavy atom. The van der Waals surface area contributed by atoms with Crippen molar-refractivity contribution in [2.24, 2.45) is 0 Å². The van der Waals surface area contributed by atoms with E-state index < -0.39 is 12.2 Å². The van der Waals surface area contributed by atoms with Crippen LogP contribution >= 0.6 is 0 Å². The van der Waals surface area contributed by atoms with Crippen molar-refractivity contribution in [1.82, 2.24) is 0 Å². The first-order chi connectivity index (χ1) is 9.79. The molecule has 4 nitrogen and oxygen atoms in total. The Morgan fingerprint density at radius 3 is 1.95 bits per heavy atom. The van der Waals surface area contributed by atoms with Gasteiger partial charge in [0.2, 0.25) is 0 Å². The summed E-state index contributed by atoms with van der Waals surface area (Å²) in [4.78, 5) is 0. The van der Waals surface area contributed by atoms with Crippen LogP contribution in [0.5, 0.6) is 11.5 Å². The second-order valence-corrected chi connectivity index (χ2v) is 4.34. The molecular weight excluding hydrogens is 256 g/mol. The van der Waals surface area contributed by atoms with E-state index in [0.717, 1.165) is 0 Å². The Hall–Kier alpha value is -2.04. The lowest BCUT2D eigenvalue weighted by atomic mass is 10.2. The van der Waals surface area contributed by atoms with Crippen LogP contribution in [0.15, 0.2) is 60.7 Å². The third kappa shape index (κ3) is 4.26. The van der Waals surface area contributed by atoms with Crippen LogP contribution in [0.1, 0.15) is 0 Å². The van der Waals surface area contributed by atoms with Gasteiger partial charge in [0.25, 0.3) is 0 Å². The third-order valence-electron chi connectivity index (χ3n) is 2.80. The van der Waals surface area contributed by atoms with Gasteiger partial charge in [0.05, 0.1) is 6.61 Å². The number of ether oxygens (including phenoxy) is 2. The lowest BCUT2D eigenvalue weighted by Crippen LogP contribution is -2.39. The Morgan fingerprint density at radius 2 is 1.40 bits per heavy atom. The molecule has 0 amide bonds. The fourth-order valence-electron chi connectivity index (χ4n) is 1.72. The van der Waals surface area contributed by atoms with Crippen molar-refractivity contribution in [3.8, 4) is 11.5 Å². The number of para-hydroxylation sites is 2. The van der Waals surface area contributed by atoms with Crippen molar-refractivity contribution in [2.75, 3.05) is 13.2 Å². The van der Waals surface area contributed by atoms with E-state index in [9.17, 15) is 10.2 Å². The molecular formula is C16H18O4. The highest BCUT2D eigenvalue weighted by molar-refractivity contribution is 5.22. The van der Waals surface area contributed by atoms with Crippen LogP contribution in [0.25, 0.3) is 0 Å². The van der Waals surface area contributed by atoms with E-state index in [2.05, 4.69) is 0 Å². The number of hydrogen-bond donors (Lipinski definition) is 2. The molecule has 2 atom stereocenters. The Bertz CT molecular complexity index is 486.